The number of aromatic nitrogens is 2. The van der Waals surface area contributed by atoms with Crippen LogP contribution in [0.1, 0.15) is 64.2 Å². The third-order valence-electron chi connectivity index (χ3n) is 6.84. The molecule has 8 nitrogen and oxygen atoms in total. The molecule has 0 bridgehead atoms. The summed E-state index contributed by atoms with van der Waals surface area (Å²) in [5, 5.41) is 5.80. The Hall–Kier alpha value is -3.16. The molecule has 3 N–H and O–H groups in total. The van der Waals surface area contributed by atoms with Crippen LogP contribution >= 0.6 is 0 Å². The number of carbonyl (C=O) groups is 3. The van der Waals surface area contributed by atoms with Gasteiger partial charge in [0, 0.05) is 0 Å². The van der Waals surface area contributed by atoms with E-state index in [-0.39, 0.29) is 24.4 Å². The molecule has 0 radical (unpaired) electrons. The smallest absolute Gasteiger partial charge is 0.325 e. The van der Waals surface area contributed by atoms with Crippen LogP contribution in [0.15, 0.2) is 36.5 Å². The minimum atomic E-state index is -0.835. The summed E-state index contributed by atoms with van der Waals surface area (Å²) in [5.74, 6) is 0.593. The maximum Gasteiger partial charge on any atom is 0.325 e. The summed E-state index contributed by atoms with van der Waals surface area (Å²) in [4.78, 5) is 47.1. The average Bonchev–Trinajstić information content (AvgIpc) is 3.39. The molecule has 2 fully saturated rings. The molecule has 4 amide bonds. The normalized spacial score (nSPS) is 23.9. The summed E-state index contributed by atoms with van der Waals surface area (Å²) in [6, 6.07) is 9.01. The number of urea groups is 1. The fourth-order valence-electron chi connectivity index (χ4n) is 4.76. The van der Waals surface area contributed by atoms with E-state index in [1.54, 1.807) is 6.20 Å². The number of hydrogen-bond donors (Lipinski definition) is 3. The van der Waals surface area contributed by atoms with Gasteiger partial charge in [0.15, 0.2) is 0 Å². The molecule has 4 rings (SSSR count). The highest BCUT2D eigenvalue weighted by Crippen LogP contribution is 2.37. The van der Waals surface area contributed by atoms with Crippen LogP contribution < -0.4 is 10.6 Å². The first-order valence-corrected chi connectivity index (χ1v) is 11.5. The zero-order chi connectivity index (χ0) is 22.7. The first kappa shape index (κ1) is 22.0. The van der Waals surface area contributed by atoms with E-state index in [4.69, 9.17) is 0 Å². The third kappa shape index (κ3) is 4.26. The predicted octanol–water partition coefficient (Wildman–Crippen LogP) is 3.53. The maximum atomic E-state index is 13.1. The predicted molar refractivity (Wildman–Crippen MR) is 120 cm³/mol. The lowest BCUT2D eigenvalue weighted by Gasteiger charge is -2.34. The number of imide groups is 1. The van der Waals surface area contributed by atoms with Gasteiger partial charge < -0.3 is 15.6 Å². The number of nitrogens with one attached hydrogen (secondary N) is 3. The van der Waals surface area contributed by atoms with Gasteiger partial charge in [-0.1, -0.05) is 50.6 Å². The van der Waals surface area contributed by atoms with Crippen LogP contribution in [0.2, 0.25) is 0 Å². The quantitative estimate of drug-likeness (QED) is 0.576. The second kappa shape index (κ2) is 9.14. The number of rotatable bonds is 7. The van der Waals surface area contributed by atoms with Crippen LogP contribution in [0.5, 0.6) is 0 Å². The lowest BCUT2D eigenvalue weighted by molar-refractivity contribution is -0.136. The first-order chi connectivity index (χ1) is 15.5. The molecule has 1 aromatic heterocycles. The highest BCUT2D eigenvalue weighted by Gasteiger charge is 2.52. The molecule has 1 aliphatic heterocycles. The SMILES string of the molecule is CCC1CCC2(CC1)NC(=O)N(CC(=O)NC(CC)c1ncc(-c3ccccc3)[nH]1)C2=O. The summed E-state index contributed by atoms with van der Waals surface area (Å²) in [7, 11) is 0. The van der Waals surface area contributed by atoms with Gasteiger partial charge in [0.05, 0.1) is 17.9 Å². The average molecular weight is 438 g/mol. The minimum Gasteiger partial charge on any atom is -0.345 e. The van der Waals surface area contributed by atoms with Gasteiger partial charge >= 0.3 is 6.03 Å². The number of hydrogen-bond acceptors (Lipinski definition) is 4. The van der Waals surface area contributed by atoms with Crippen LogP contribution in [0, 0.1) is 5.92 Å². The van der Waals surface area contributed by atoms with Gasteiger partial charge in [-0.3, -0.25) is 14.5 Å². The van der Waals surface area contributed by atoms with Gasteiger partial charge in [-0.15, -0.1) is 0 Å². The summed E-state index contributed by atoms with van der Waals surface area (Å²) >= 11 is 0. The largest absolute Gasteiger partial charge is 0.345 e. The number of aromatic amines is 1. The van der Waals surface area contributed by atoms with Gasteiger partial charge in [0.1, 0.15) is 17.9 Å². The Balaban J connectivity index is 1.39. The number of H-pyrrole nitrogens is 1. The Labute approximate surface area is 188 Å². The molecule has 8 heteroatoms. The van der Waals surface area contributed by atoms with Gasteiger partial charge in [0.2, 0.25) is 5.91 Å². The molecular weight excluding hydrogens is 406 g/mol. The van der Waals surface area contributed by atoms with Crippen molar-refractivity contribution in [1.82, 2.24) is 25.5 Å². The van der Waals surface area contributed by atoms with Crippen molar-refractivity contribution in [1.29, 1.82) is 0 Å². The lowest BCUT2D eigenvalue weighted by Crippen LogP contribution is -2.50. The molecular formula is C24H31N5O3. The monoisotopic (exact) mass is 437 g/mol. The molecule has 32 heavy (non-hydrogen) atoms. The Kier molecular flexibility index (Phi) is 6.30. The van der Waals surface area contributed by atoms with E-state index in [0.29, 0.717) is 31.0 Å². The Bertz CT molecular complexity index is 979. The summed E-state index contributed by atoms with van der Waals surface area (Å²) in [6.45, 7) is 3.82. The molecule has 1 saturated carbocycles. The van der Waals surface area contributed by atoms with Crippen LogP contribution in [0.4, 0.5) is 4.79 Å². The molecule has 2 aliphatic rings. The van der Waals surface area contributed by atoms with Crippen LogP contribution in [0.3, 0.4) is 0 Å². The number of carbonyl (C=O) groups excluding carboxylic acids is 3. The van der Waals surface area contributed by atoms with Crippen LogP contribution in [-0.2, 0) is 9.59 Å². The highest BCUT2D eigenvalue weighted by molar-refractivity contribution is 6.09. The van der Waals surface area contributed by atoms with Gasteiger partial charge in [-0.25, -0.2) is 9.78 Å². The zero-order valence-electron chi connectivity index (χ0n) is 18.7. The van der Waals surface area contributed by atoms with Crippen molar-refractivity contribution in [2.75, 3.05) is 6.54 Å². The van der Waals surface area contributed by atoms with Gasteiger partial charge in [-0.05, 0) is 43.6 Å². The van der Waals surface area contributed by atoms with Crippen molar-refractivity contribution in [3.05, 3.63) is 42.4 Å². The number of amides is 4. The van der Waals surface area contributed by atoms with Gasteiger partial charge in [-0.2, -0.15) is 0 Å². The Morgan fingerprint density at radius 3 is 2.59 bits per heavy atom. The van der Waals surface area contributed by atoms with E-state index in [2.05, 4.69) is 27.5 Å². The van der Waals surface area contributed by atoms with Crippen molar-refractivity contribution in [2.45, 2.75) is 64.0 Å². The molecule has 1 aromatic carbocycles. The molecule has 2 aromatic rings. The molecule has 1 unspecified atom stereocenters. The number of benzene rings is 1. The molecule has 1 atom stereocenters. The second-order valence-corrected chi connectivity index (χ2v) is 8.83. The van der Waals surface area contributed by atoms with Crippen molar-refractivity contribution in [3.63, 3.8) is 0 Å². The number of nitrogens with zero attached hydrogens (tertiary/aromatic N) is 2. The maximum absolute atomic E-state index is 13.1. The minimum absolute atomic E-state index is 0.274. The van der Waals surface area contributed by atoms with E-state index in [1.165, 1.54) is 0 Å². The fraction of sp³-hybridized carbons (Fsp3) is 0.500. The van der Waals surface area contributed by atoms with E-state index < -0.39 is 11.6 Å². The summed E-state index contributed by atoms with van der Waals surface area (Å²) in [6.07, 6.45) is 6.57. The van der Waals surface area contributed by atoms with E-state index in [0.717, 1.165) is 35.4 Å². The van der Waals surface area contributed by atoms with E-state index in [9.17, 15) is 14.4 Å². The van der Waals surface area contributed by atoms with Crippen LogP contribution in [-0.4, -0.2) is 44.8 Å². The molecule has 1 saturated heterocycles. The van der Waals surface area contributed by atoms with E-state index >= 15 is 0 Å². The standard InChI is InChI=1S/C24H31N5O3/c1-3-16-10-12-24(13-11-16)22(31)29(23(32)28-24)15-20(30)26-18(4-2)21-25-14-19(27-21)17-8-6-5-7-9-17/h5-9,14,16,18H,3-4,10-13,15H2,1-2H3,(H,25,27)(H,26,30)(H,28,32). The summed E-state index contributed by atoms with van der Waals surface area (Å²) < 4.78 is 0. The lowest BCUT2D eigenvalue weighted by atomic mass is 9.75. The Morgan fingerprint density at radius 2 is 1.94 bits per heavy atom. The van der Waals surface area contributed by atoms with Crippen molar-refractivity contribution >= 4 is 17.8 Å². The Morgan fingerprint density at radius 1 is 1.22 bits per heavy atom. The van der Waals surface area contributed by atoms with E-state index in [1.807, 2.05) is 37.3 Å². The fourth-order valence-corrected chi connectivity index (χ4v) is 4.76. The van der Waals surface area contributed by atoms with Crippen LogP contribution in [0.25, 0.3) is 11.3 Å². The molecule has 1 spiro atoms. The van der Waals surface area contributed by atoms with Crippen molar-refractivity contribution < 1.29 is 14.4 Å². The molecule has 1 aliphatic carbocycles. The van der Waals surface area contributed by atoms with Crippen molar-refractivity contribution in [3.8, 4) is 11.3 Å². The first-order valence-electron chi connectivity index (χ1n) is 11.5. The topological polar surface area (TPSA) is 107 Å². The molecule has 2 heterocycles. The van der Waals surface area contributed by atoms with Crippen molar-refractivity contribution in [2.24, 2.45) is 5.92 Å². The second-order valence-electron chi connectivity index (χ2n) is 8.83. The molecule has 170 valence electrons. The van der Waals surface area contributed by atoms with Gasteiger partial charge in [0.25, 0.3) is 5.91 Å². The summed E-state index contributed by atoms with van der Waals surface area (Å²) in [5.41, 5.74) is 1.04. The zero-order valence-corrected chi connectivity index (χ0v) is 18.7. The highest BCUT2D eigenvalue weighted by atomic mass is 16.2. The third-order valence-corrected chi connectivity index (χ3v) is 6.84. The number of imidazole rings is 1.